The number of carbonyl (C=O) groups excluding carboxylic acids is 3. The van der Waals surface area contributed by atoms with Gasteiger partial charge in [0.2, 0.25) is 12.0 Å². The van der Waals surface area contributed by atoms with Crippen LogP contribution in [0.1, 0.15) is 70.9 Å². The second-order valence-electron chi connectivity index (χ2n) is 13.2. The lowest BCUT2D eigenvalue weighted by atomic mass is 9.82. The first-order chi connectivity index (χ1) is 23.9. The van der Waals surface area contributed by atoms with Crippen LogP contribution in [0.3, 0.4) is 0 Å². The summed E-state index contributed by atoms with van der Waals surface area (Å²) in [4.78, 5) is 61.5. The third kappa shape index (κ3) is 6.93. The van der Waals surface area contributed by atoms with Crippen molar-refractivity contribution in [3.05, 3.63) is 111 Å². The molecule has 0 bridgehead atoms. The molecule has 0 aliphatic carbocycles. The second kappa shape index (κ2) is 14.5. The number of carboxylic acid groups (broad SMARTS) is 1. The minimum atomic E-state index is -1.07. The van der Waals surface area contributed by atoms with Crippen molar-refractivity contribution in [1.82, 2.24) is 9.80 Å². The van der Waals surface area contributed by atoms with Crippen LogP contribution in [0.5, 0.6) is 0 Å². The summed E-state index contributed by atoms with van der Waals surface area (Å²) in [5.74, 6) is -2.49. The molecule has 2 amide bonds. The third-order valence-corrected chi connectivity index (χ3v) is 9.96. The number of halogens is 2. The summed E-state index contributed by atoms with van der Waals surface area (Å²) < 4.78 is 14.8. The highest BCUT2D eigenvalue weighted by Crippen LogP contribution is 2.38. The van der Waals surface area contributed by atoms with Crippen molar-refractivity contribution in [3.63, 3.8) is 0 Å². The van der Waals surface area contributed by atoms with E-state index >= 15 is 0 Å². The number of hydrogen-bond acceptors (Lipinski definition) is 7. The topological polar surface area (TPSA) is 143 Å². The fourth-order valence-electron chi connectivity index (χ4n) is 6.81. The molecular weight excluding hydrogens is 663 g/mol. The molecule has 3 atom stereocenters. The first-order valence-electron chi connectivity index (χ1n) is 16.6. The van der Waals surface area contributed by atoms with Crippen molar-refractivity contribution in [2.45, 2.75) is 57.7 Å². The number of oxime groups is 1. The molecule has 2 unspecified atom stereocenters. The molecule has 0 saturated carbocycles. The van der Waals surface area contributed by atoms with Crippen LogP contribution >= 0.6 is 11.6 Å². The molecule has 260 valence electrons. The van der Waals surface area contributed by atoms with Gasteiger partial charge in [-0.15, -0.1) is 0 Å². The molecule has 12 heteroatoms. The highest BCUT2D eigenvalue weighted by Gasteiger charge is 2.42. The number of ketones is 1. The Kier molecular flexibility index (Phi) is 10.2. The number of nitrogens with zero attached hydrogens (tertiary/aromatic N) is 3. The van der Waals surface area contributed by atoms with Gasteiger partial charge in [0.05, 0.1) is 22.3 Å². The third-order valence-electron chi connectivity index (χ3n) is 9.67. The van der Waals surface area contributed by atoms with Crippen molar-refractivity contribution in [2.75, 3.05) is 19.6 Å². The molecule has 3 N–H and O–H groups in total. The van der Waals surface area contributed by atoms with Gasteiger partial charge in [-0.3, -0.25) is 14.4 Å². The fourth-order valence-corrected chi connectivity index (χ4v) is 6.98. The van der Waals surface area contributed by atoms with Gasteiger partial charge in [-0.25, -0.2) is 9.18 Å². The van der Waals surface area contributed by atoms with Crippen LogP contribution in [0.4, 0.5) is 4.39 Å². The zero-order valence-electron chi connectivity index (χ0n) is 27.8. The van der Waals surface area contributed by atoms with Crippen molar-refractivity contribution < 1.29 is 33.5 Å². The predicted molar refractivity (Wildman–Crippen MR) is 186 cm³/mol. The van der Waals surface area contributed by atoms with Gasteiger partial charge in [-0.05, 0) is 70.9 Å². The average molecular weight is 701 g/mol. The number of benzene rings is 3. The van der Waals surface area contributed by atoms with Gasteiger partial charge in [0.1, 0.15) is 6.04 Å². The lowest BCUT2D eigenvalue weighted by molar-refractivity contribution is -0.149. The molecule has 10 nitrogen and oxygen atoms in total. The van der Waals surface area contributed by atoms with E-state index in [0.29, 0.717) is 37.1 Å². The lowest BCUT2D eigenvalue weighted by Gasteiger charge is -2.39. The number of rotatable bonds is 9. The van der Waals surface area contributed by atoms with E-state index in [1.807, 2.05) is 38.1 Å². The predicted octanol–water partition coefficient (Wildman–Crippen LogP) is 5.21. The molecule has 6 rings (SSSR count). The van der Waals surface area contributed by atoms with Gasteiger partial charge < -0.3 is 25.5 Å². The van der Waals surface area contributed by atoms with Crippen LogP contribution in [0.15, 0.2) is 71.9 Å². The monoisotopic (exact) mass is 700 g/mol. The first kappa shape index (κ1) is 35.0. The smallest absolute Gasteiger partial charge is 0.335 e. The van der Waals surface area contributed by atoms with Crippen LogP contribution < -0.4 is 5.73 Å². The normalized spacial score (nSPS) is 19.3. The van der Waals surface area contributed by atoms with Crippen molar-refractivity contribution in [2.24, 2.45) is 16.8 Å². The molecule has 3 aliphatic rings. The fraction of sp³-hybridized carbons (Fsp3) is 0.342. The van der Waals surface area contributed by atoms with E-state index in [1.54, 1.807) is 23.1 Å². The number of carboxylic acids is 1. The Hall–Kier alpha value is -4.87. The molecule has 3 aromatic carbocycles. The minimum Gasteiger partial charge on any atom is -0.478 e. The molecule has 3 heterocycles. The molecule has 0 saturated heterocycles. The van der Waals surface area contributed by atoms with Gasteiger partial charge >= 0.3 is 5.97 Å². The van der Waals surface area contributed by atoms with E-state index in [2.05, 4.69) is 5.16 Å². The molecule has 0 aromatic heterocycles. The summed E-state index contributed by atoms with van der Waals surface area (Å²) in [5, 5.41) is 13.3. The number of fused-ring (bicyclic) bond motifs is 1. The van der Waals surface area contributed by atoms with Crippen LogP contribution in [0.25, 0.3) is 5.57 Å². The second-order valence-corrected chi connectivity index (χ2v) is 13.6. The molecule has 0 fully saturated rings. The van der Waals surface area contributed by atoms with Crippen LogP contribution in [-0.4, -0.2) is 76.0 Å². The summed E-state index contributed by atoms with van der Waals surface area (Å²) in [6.45, 7) is 5.00. The van der Waals surface area contributed by atoms with E-state index in [0.717, 1.165) is 16.7 Å². The highest BCUT2D eigenvalue weighted by atomic mass is 35.5. The Morgan fingerprint density at radius 3 is 2.42 bits per heavy atom. The average Bonchev–Trinajstić information content (AvgIpc) is 3.61. The van der Waals surface area contributed by atoms with E-state index in [4.69, 9.17) is 22.2 Å². The van der Waals surface area contributed by atoms with E-state index in [1.165, 1.54) is 29.2 Å². The summed E-state index contributed by atoms with van der Waals surface area (Å²) in [7, 11) is 0. The Bertz CT molecular complexity index is 1910. The zero-order chi connectivity index (χ0) is 35.7. The van der Waals surface area contributed by atoms with E-state index in [-0.39, 0.29) is 58.9 Å². The number of amides is 2. The van der Waals surface area contributed by atoms with Crippen LogP contribution in [-0.2, 0) is 32.1 Å². The summed E-state index contributed by atoms with van der Waals surface area (Å²) in [5.41, 5.74) is 10.9. The highest BCUT2D eigenvalue weighted by molar-refractivity contribution is 6.31. The SMILES string of the molecule is CC(C)[C@H](N)C(=O)N1CC=C(c2cccc3c2CCN(C(=O)C2CC(c4cccc(Cl)c4F)=NO2)C3C(=O)Cc2ccc(C(=O)O)cc2)CC1. The van der Waals surface area contributed by atoms with Gasteiger partial charge in [0, 0.05) is 38.0 Å². The Balaban J connectivity index is 1.29. The lowest BCUT2D eigenvalue weighted by Crippen LogP contribution is -2.48. The molecule has 3 aliphatic heterocycles. The number of hydrogen-bond donors (Lipinski definition) is 2. The largest absolute Gasteiger partial charge is 0.478 e. The number of nitrogens with two attached hydrogens (primary N) is 1. The van der Waals surface area contributed by atoms with Crippen LogP contribution in [0.2, 0.25) is 5.02 Å². The number of Topliss-reactive ketones (excluding diaryl/α,β-unsaturated/α-hetero) is 1. The van der Waals surface area contributed by atoms with E-state index < -0.39 is 35.9 Å². The summed E-state index contributed by atoms with van der Waals surface area (Å²) in [6.07, 6.45) is 1.99. The quantitative estimate of drug-likeness (QED) is 0.312. The Labute approximate surface area is 294 Å². The minimum absolute atomic E-state index is 0.000371. The molecule has 0 spiro atoms. The Morgan fingerprint density at radius 1 is 1.02 bits per heavy atom. The zero-order valence-corrected chi connectivity index (χ0v) is 28.5. The van der Waals surface area contributed by atoms with Gasteiger partial charge in [0.15, 0.2) is 11.6 Å². The van der Waals surface area contributed by atoms with Crippen LogP contribution in [0, 0.1) is 11.7 Å². The Morgan fingerprint density at radius 2 is 1.74 bits per heavy atom. The van der Waals surface area contributed by atoms with Gasteiger partial charge in [-0.1, -0.05) is 73.1 Å². The maximum absolute atomic E-state index is 14.8. The van der Waals surface area contributed by atoms with Gasteiger partial charge in [-0.2, -0.15) is 0 Å². The molecule has 50 heavy (non-hydrogen) atoms. The first-order valence-corrected chi connectivity index (χ1v) is 17.0. The molecule has 0 radical (unpaired) electrons. The standard InChI is InChI=1S/C38H38ClFN4O6/c1-21(2)34(41)37(47)43-16-13-23(14-17-43)25-5-3-6-27-26(25)15-18-44(35(27)31(45)19-22-9-11-24(12-10-22)38(48)49)36(46)32-20-30(42-50-32)28-7-4-8-29(39)33(28)40/h3-13,21,32,34-35H,14-20,41H2,1-2H3,(H,48,49)/t32?,34-,35?/m0/s1. The van der Waals surface area contributed by atoms with Crippen molar-refractivity contribution >= 4 is 46.5 Å². The van der Waals surface area contributed by atoms with Crippen molar-refractivity contribution in [1.29, 1.82) is 0 Å². The molecule has 3 aromatic rings. The summed E-state index contributed by atoms with van der Waals surface area (Å²) in [6, 6.07) is 14.8. The molecular formula is C38H38ClFN4O6. The van der Waals surface area contributed by atoms with Gasteiger partial charge in [0.25, 0.3) is 5.91 Å². The van der Waals surface area contributed by atoms with Crippen molar-refractivity contribution in [3.8, 4) is 0 Å². The maximum Gasteiger partial charge on any atom is 0.335 e. The maximum atomic E-state index is 14.8. The van der Waals surface area contributed by atoms with E-state index in [9.17, 15) is 28.7 Å². The number of carbonyl (C=O) groups is 4. The number of aromatic carboxylic acids is 1. The summed E-state index contributed by atoms with van der Waals surface area (Å²) >= 11 is 5.98.